The zero-order chi connectivity index (χ0) is 19.7. The Morgan fingerprint density at radius 2 is 1.67 bits per heavy atom. The van der Waals surface area contributed by atoms with Crippen LogP contribution in [0.1, 0.15) is 50.4 Å². The summed E-state index contributed by atoms with van der Waals surface area (Å²) in [5, 5.41) is 5.83. The molecule has 0 bridgehead atoms. The number of benzene rings is 2. The first-order valence-corrected chi connectivity index (χ1v) is 9.30. The fraction of sp³-hybridized carbons (Fsp3) is 0.364. The molecular weight excluding hydrogens is 340 g/mol. The Bertz CT molecular complexity index is 740. The highest BCUT2D eigenvalue weighted by Gasteiger charge is 2.18. The van der Waals surface area contributed by atoms with Crippen molar-refractivity contribution < 1.29 is 14.3 Å². The van der Waals surface area contributed by atoms with Gasteiger partial charge in [-0.15, -0.1) is 0 Å². The summed E-state index contributed by atoms with van der Waals surface area (Å²) in [5.74, 6) is 0.617. The van der Waals surface area contributed by atoms with Gasteiger partial charge in [0.05, 0.1) is 6.61 Å². The van der Waals surface area contributed by atoms with Crippen molar-refractivity contribution in [3.8, 4) is 5.75 Å². The molecule has 0 aromatic heterocycles. The number of para-hydroxylation sites is 1. The Hall–Kier alpha value is -2.82. The number of nitrogens with one attached hydrogen (secondary N) is 2. The SMILES string of the molecule is CCC(C)(C)NC(=O)c1ccc(NC(=O)CCCOc2ccccc2)cc1. The molecule has 2 amide bonds. The highest BCUT2D eigenvalue weighted by molar-refractivity contribution is 5.96. The van der Waals surface area contributed by atoms with E-state index >= 15 is 0 Å². The second-order valence-corrected chi connectivity index (χ2v) is 7.08. The normalized spacial score (nSPS) is 10.9. The number of hydrogen-bond acceptors (Lipinski definition) is 3. The van der Waals surface area contributed by atoms with Crippen LogP contribution in [0.2, 0.25) is 0 Å². The molecule has 0 spiro atoms. The quantitative estimate of drug-likeness (QED) is 0.645. The molecule has 144 valence electrons. The molecule has 0 heterocycles. The van der Waals surface area contributed by atoms with Crippen LogP contribution in [0.4, 0.5) is 5.69 Å². The summed E-state index contributed by atoms with van der Waals surface area (Å²) >= 11 is 0. The molecule has 5 nitrogen and oxygen atoms in total. The highest BCUT2D eigenvalue weighted by Crippen LogP contribution is 2.13. The van der Waals surface area contributed by atoms with E-state index in [0.717, 1.165) is 12.2 Å². The minimum absolute atomic E-state index is 0.0732. The molecule has 2 N–H and O–H groups in total. The smallest absolute Gasteiger partial charge is 0.251 e. The minimum atomic E-state index is -0.244. The lowest BCUT2D eigenvalue weighted by molar-refractivity contribution is -0.116. The van der Waals surface area contributed by atoms with Gasteiger partial charge in [0.1, 0.15) is 5.75 Å². The Labute approximate surface area is 161 Å². The van der Waals surface area contributed by atoms with Gasteiger partial charge in [0, 0.05) is 23.2 Å². The lowest BCUT2D eigenvalue weighted by atomic mass is 10.0. The topological polar surface area (TPSA) is 67.4 Å². The number of rotatable bonds is 9. The van der Waals surface area contributed by atoms with Crippen molar-refractivity contribution in [1.82, 2.24) is 5.32 Å². The van der Waals surface area contributed by atoms with Gasteiger partial charge in [-0.25, -0.2) is 0 Å². The Balaban J connectivity index is 1.75. The van der Waals surface area contributed by atoms with Crippen LogP contribution >= 0.6 is 0 Å². The van der Waals surface area contributed by atoms with E-state index in [-0.39, 0.29) is 17.4 Å². The third-order valence-electron chi connectivity index (χ3n) is 4.33. The number of carbonyl (C=O) groups excluding carboxylic acids is 2. The van der Waals surface area contributed by atoms with Gasteiger partial charge < -0.3 is 15.4 Å². The van der Waals surface area contributed by atoms with Gasteiger partial charge in [-0.1, -0.05) is 25.1 Å². The Morgan fingerprint density at radius 3 is 2.30 bits per heavy atom. The summed E-state index contributed by atoms with van der Waals surface area (Å²) in [6.45, 7) is 6.50. The molecule has 2 aromatic carbocycles. The van der Waals surface area contributed by atoms with Crippen molar-refractivity contribution in [2.24, 2.45) is 0 Å². The van der Waals surface area contributed by atoms with E-state index in [1.807, 2.05) is 51.1 Å². The highest BCUT2D eigenvalue weighted by atomic mass is 16.5. The number of anilines is 1. The lowest BCUT2D eigenvalue weighted by Gasteiger charge is -2.24. The van der Waals surface area contributed by atoms with Gasteiger partial charge >= 0.3 is 0 Å². The zero-order valence-electron chi connectivity index (χ0n) is 16.2. The van der Waals surface area contributed by atoms with E-state index < -0.39 is 0 Å². The maximum absolute atomic E-state index is 12.2. The average molecular weight is 368 g/mol. The van der Waals surface area contributed by atoms with Crippen LogP contribution in [-0.2, 0) is 4.79 Å². The van der Waals surface area contributed by atoms with Gasteiger partial charge in [-0.2, -0.15) is 0 Å². The molecule has 0 saturated carbocycles. The first kappa shape index (κ1) is 20.5. The maximum atomic E-state index is 12.2. The molecule has 0 unspecified atom stereocenters. The number of carbonyl (C=O) groups is 2. The first-order valence-electron chi connectivity index (χ1n) is 9.30. The van der Waals surface area contributed by atoms with Crippen LogP contribution < -0.4 is 15.4 Å². The molecule has 5 heteroatoms. The van der Waals surface area contributed by atoms with Gasteiger partial charge in [0.2, 0.25) is 5.91 Å². The fourth-order valence-corrected chi connectivity index (χ4v) is 2.34. The van der Waals surface area contributed by atoms with Crippen LogP contribution in [0.15, 0.2) is 54.6 Å². The van der Waals surface area contributed by atoms with Crippen LogP contribution in [0.25, 0.3) is 0 Å². The van der Waals surface area contributed by atoms with E-state index in [9.17, 15) is 9.59 Å². The molecular formula is C22H28N2O3. The molecule has 0 saturated heterocycles. The van der Waals surface area contributed by atoms with E-state index in [1.54, 1.807) is 24.3 Å². The Morgan fingerprint density at radius 1 is 1.00 bits per heavy atom. The summed E-state index contributed by atoms with van der Waals surface area (Å²) in [7, 11) is 0. The standard InChI is InChI=1S/C22H28N2O3/c1-4-22(2,3)24-21(26)17-12-14-18(15-13-17)23-20(25)11-8-16-27-19-9-6-5-7-10-19/h5-7,9-10,12-15H,4,8,11,16H2,1-3H3,(H,23,25)(H,24,26). The summed E-state index contributed by atoms with van der Waals surface area (Å²) in [6, 6.07) is 16.5. The van der Waals surface area contributed by atoms with Gasteiger partial charge in [-0.3, -0.25) is 9.59 Å². The van der Waals surface area contributed by atoms with E-state index in [0.29, 0.717) is 30.7 Å². The molecule has 0 fully saturated rings. The molecule has 27 heavy (non-hydrogen) atoms. The van der Waals surface area contributed by atoms with Crippen molar-refractivity contribution in [2.75, 3.05) is 11.9 Å². The van der Waals surface area contributed by atoms with Crippen LogP contribution in [0.3, 0.4) is 0 Å². The van der Waals surface area contributed by atoms with Crippen LogP contribution in [-0.4, -0.2) is 24.0 Å². The van der Waals surface area contributed by atoms with E-state index in [1.165, 1.54) is 0 Å². The molecule has 0 aliphatic carbocycles. The van der Waals surface area contributed by atoms with Crippen molar-refractivity contribution in [2.45, 2.75) is 45.6 Å². The molecule has 0 aliphatic heterocycles. The summed E-state index contributed by atoms with van der Waals surface area (Å²) in [6.07, 6.45) is 1.86. The second-order valence-electron chi connectivity index (χ2n) is 7.08. The van der Waals surface area contributed by atoms with Crippen molar-refractivity contribution in [3.63, 3.8) is 0 Å². The lowest BCUT2D eigenvalue weighted by Crippen LogP contribution is -2.42. The fourth-order valence-electron chi connectivity index (χ4n) is 2.34. The van der Waals surface area contributed by atoms with E-state index in [4.69, 9.17) is 4.74 Å². The summed E-state index contributed by atoms with van der Waals surface area (Å²) in [5.41, 5.74) is 1.01. The predicted octanol–water partition coefficient (Wildman–Crippen LogP) is 4.40. The van der Waals surface area contributed by atoms with E-state index in [2.05, 4.69) is 10.6 Å². The third kappa shape index (κ3) is 7.13. The largest absolute Gasteiger partial charge is 0.494 e. The third-order valence-corrected chi connectivity index (χ3v) is 4.33. The summed E-state index contributed by atoms with van der Waals surface area (Å²) < 4.78 is 5.57. The molecule has 0 atom stereocenters. The number of ether oxygens (including phenoxy) is 1. The average Bonchev–Trinajstić information content (AvgIpc) is 2.66. The van der Waals surface area contributed by atoms with Gasteiger partial charge in [0.15, 0.2) is 0 Å². The van der Waals surface area contributed by atoms with Crippen molar-refractivity contribution in [1.29, 1.82) is 0 Å². The second kappa shape index (κ2) is 9.76. The summed E-state index contributed by atoms with van der Waals surface area (Å²) in [4.78, 5) is 24.3. The first-order chi connectivity index (χ1) is 12.9. The van der Waals surface area contributed by atoms with Crippen LogP contribution in [0, 0.1) is 0 Å². The molecule has 2 rings (SSSR count). The van der Waals surface area contributed by atoms with Crippen molar-refractivity contribution in [3.05, 3.63) is 60.2 Å². The molecule has 2 aromatic rings. The van der Waals surface area contributed by atoms with Gasteiger partial charge in [-0.05, 0) is 63.1 Å². The van der Waals surface area contributed by atoms with Gasteiger partial charge in [0.25, 0.3) is 5.91 Å². The number of hydrogen-bond donors (Lipinski definition) is 2. The Kier molecular flexibility index (Phi) is 7.41. The van der Waals surface area contributed by atoms with Crippen LogP contribution in [0.5, 0.6) is 5.75 Å². The monoisotopic (exact) mass is 368 g/mol. The number of amides is 2. The van der Waals surface area contributed by atoms with Crippen molar-refractivity contribution >= 4 is 17.5 Å². The minimum Gasteiger partial charge on any atom is -0.494 e. The maximum Gasteiger partial charge on any atom is 0.251 e. The zero-order valence-corrected chi connectivity index (χ0v) is 16.2. The molecule has 0 radical (unpaired) electrons. The predicted molar refractivity (Wildman–Crippen MR) is 108 cm³/mol. The molecule has 0 aliphatic rings.